The van der Waals surface area contributed by atoms with Gasteiger partial charge >= 0.3 is 5.97 Å². The number of benzene rings is 3. The fraction of sp³-hybridized carbons (Fsp3) is 0.406. The van der Waals surface area contributed by atoms with Crippen LogP contribution in [0.1, 0.15) is 49.5 Å². The van der Waals surface area contributed by atoms with E-state index in [1.807, 2.05) is 44.2 Å². The summed E-state index contributed by atoms with van der Waals surface area (Å²) in [6.07, 6.45) is 0.818. The predicted molar refractivity (Wildman–Crippen MR) is 163 cm³/mol. The van der Waals surface area contributed by atoms with Crippen LogP contribution < -0.4 is 4.90 Å². The molecule has 216 valence electrons. The first kappa shape index (κ1) is 29.4. The van der Waals surface area contributed by atoms with Crippen LogP contribution in [0.5, 0.6) is 0 Å². The van der Waals surface area contributed by atoms with Gasteiger partial charge in [0.2, 0.25) is 11.8 Å². The Morgan fingerprint density at radius 2 is 1.73 bits per heavy atom. The minimum atomic E-state index is -0.830. The Morgan fingerprint density at radius 3 is 2.44 bits per heavy atom. The molecule has 0 aromatic heterocycles. The molecule has 0 aliphatic carbocycles. The molecule has 0 unspecified atom stereocenters. The van der Waals surface area contributed by atoms with Crippen molar-refractivity contribution in [1.29, 1.82) is 0 Å². The molecular weight excluding hydrogens is 560 g/mol. The van der Waals surface area contributed by atoms with Gasteiger partial charge in [0.05, 0.1) is 16.4 Å². The van der Waals surface area contributed by atoms with Crippen molar-refractivity contribution in [2.75, 3.05) is 31.1 Å². The molecule has 2 aliphatic heterocycles. The Bertz CT molecular complexity index is 1460. The molecule has 0 bridgehead atoms. The lowest BCUT2D eigenvalue weighted by molar-refractivity contribution is -0.145. The van der Waals surface area contributed by atoms with Crippen molar-refractivity contribution in [1.82, 2.24) is 4.90 Å². The van der Waals surface area contributed by atoms with Crippen LogP contribution in [-0.4, -0.2) is 64.4 Å². The lowest BCUT2D eigenvalue weighted by Crippen LogP contribution is -2.46. The standard InChI is InChI=1S/C32H35ClN2O5S/c1-32(2,19-36)18-35-26-11-10-22(33)16-25(26)29(24-9-5-7-20-6-3-4-8-23(20)24)41-27(30(35)38)17-28(37)34-14-12-21(13-15-34)31(39)40/h3-11,16,21,27,29,36H,12-15,17-19H2,1-2H3,(H,39,40)/t27-,29-/m0/s1. The van der Waals surface area contributed by atoms with Crippen molar-refractivity contribution in [3.8, 4) is 0 Å². The number of hydrogen-bond donors (Lipinski definition) is 2. The number of nitrogens with zero attached hydrogens (tertiary/aromatic N) is 2. The molecule has 0 saturated carbocycles. The number of piperidine rings is 1. The number of anilines is 1. The number of carbonyl (C=O) groups excluding carboxylic acids is 2. The molecule has 9 heteroatoms. The first-order chi connectivity index (χ1) is 19.6. The number of halogens is 1. The van der Waals surface area contributed by atoms with Crippen LogP contribution in [0.4, 0.5) is 5.69 Å². The first-order valence-corrected chi connectivity index (χ1v) is 15.3. The fourth-order valence-corrected chi connectivity index (χ4v) is 7.41. The Kier molecular flexibility index (Phi) is 8.64. The number of fused-ring (bicyclic) bond motifs is 2. The molecular formula is C32H35ClN2O5S. The van der Waals surface area contributed by atoms with Crippen LogP contribution in [0.25, 0.3) is 10.8 Å². The fourth-order valence-electron chi connectivity index (χ4n) is 5.73. The number of hydrogen-bond acceptors (Lipinski definition) is 5. The summed E-state index contributed by atoms with van der Waals surface area (Å²) in [7, 11) is 0. The molecule has 5 rings (SSSR count). The summed E-state index contributed by atoms with van der Waals surface area (Å²) in [4.78, 5) is 42.7. The van der Waals surface area contributed by atoms with Gasteiger partial charge in [0.15, 0.2) is 0 Å². The van der Waals surface area contributed by atoms with E-state index >= 15 is 0 Å². The zero-order valence-electron chi connectivity index (χ0n) is 23.3. The third-order valence-electron chi connectivity index (χ3n) is 8.08. The monoisotopic (exact) mass is 594 g/mol. The number of carboxylic acids is 1. The van der Waals surface area contributed by atoms with E-state index in [0.29, 0.717) is 31.0 Å². The number of thioether (sulfide) groups is 1. The van der Waals surface area contributed by atoms with Gasteiger partial charge in [-0.15, -0.1) is 11.8 Å². The van der Waals surface area contributed by atoms with Gasteiger partial charge in [-0.3, -0.25) is 14.4 Å². The highest BCUT2D eigenvalue weighted by Crippen LogP contribution is 2.49. The Morgan fingerprint density at radius 1 is 1.02 bits per heavy atom. The summed E-state index contributed by atoms with van der Waals surface area (Å²) >= 11 is 8.01. The third kappa shape index (κ3) is 6.25. The van der Waals surface area contributed by atoms with Crippen LogP contribution in [0, 0.1) is 11.3 Å². The molecule has 7 nitrogen and oxygen atoms in total. The SMILES string of the molecule is CC(C)(CO)CN1C(=O)[C@H](CC(=O)N2CCC(C(=O)O)CC2)S[C@@H](c2cccc3ccccc23)c2cc(Cl)ccc21. The molecule has 3 aromatic carbocycles. The molecule has 2 amide bonds. The number of aliphatic hydroxyl groups excluding tert-OH is 1. The predicted octanol–water partition coefficient (Wildman–Crippen LogP) is 5.76. The topological polar surface area (TPSA) is 98.2 Å². The minimum Gasteiger partial charge on any atom is -0.481 e. The van der Waals surface area contributed by atoms with Crippen molar-refractivity contribution in [2.24, 2.45) is 11.3 Å². The second kappa shape index (κ2) is 12.0. The van der Waals surface area contributed by atoms with E-state index in [-0.39, 0.29) is 36.6 Å². The van der Waals surface area contributed by atoms with E-state index in [2.05, 4.69) is 24.3 Å². The second-order valence-corrected chi connectivity index (χ2v) is 13.5. The highest BCUT2D eigenvalue weighted by atomic mass is 35.5. The largest absolute Gasteiger partial charge is 0.481 e. The highest BCUT2D eigenvalue weighted by Gasteiger charge is 2.40. The minimum absolute atomic E-state index is 0.000276. The number of rotatable bonds is 7. The number of aliphatic hydroxyl groups is 1. The van der Waals surface area contributed by atoms with Crippen LogP contribution in [0.3, 0.4) is 0 Å². The smallest absolute Gasteiger partial charge is 0.306 e. The van der Waals surface area contributed by atoms with Crippen LogP contribution in [0.2, 0.25) is 5.02 Å². The Balaban J connectivity index is 1.57. The molecule has 2 aliphatic rings. The van der Waals surface area contributed by atoms with Gasteiger partial charge in [-0.2, -0.15) is 0 Å². The normalized spacial score (nSPS) is 20.1. The molecule has 41 heavy (non-hydrogen) atoms. The summed E-state index contributed by atoms with van der Waals surface area (Å²) < 4.78 is 0. The Labute approximate surface area is 249 Å². The quantitative estimate of drug-likeness (QED) is 0.361. The van der Waals surface area contributed by atoms with Crippen molar-refractivity contribution in [3.05, 3.63) is 76.8 Å². The maximum atomic E-state index is 14.3. The van der Waals surface area contributed by atoms with E-state index in [0.717, 1.165) is 27.6 Å². The Hall–Kier alpha value is -3.07. The molecule has 3 aromatic rings. The second-order valence-electron chi connectivity index (χ2n) is 11.7. The van der Waals surface area contributed by atoms with Crippen molar-refractivity contribution < 1.29 is 24.6 Å². The van der Waals surface area contributed by atoms with E-state index in [9.17, 15) is 24.6 Å². The summed E-state index contributed by atoms with van der Waals surface area (Å²) in [5.74, 6) is -1.61. The van der Waals surface area contributed by atoms with E-state index in [1.54, 1.807) is 15.9 Å². The first-order valence-electron chi connectivity index (χ1n) is 13.9. The van der Waals surface area contributed by atoms with Crippen molar-refractivity contribution in [3.63, 3.8) is 0 Å². The lowest BCUT2D eigenvalue weighted by Gasteiger charge is -2.34. The lowest BCUT2D eigenvalue weighted by atomic mass is 9.92. The average molecular weight is 595 g/mol. The van der Waals surface area contributed by atoms with Gasteiger partial charge in [-0.1, -0.05) is 67.9 Å². The maximum absolute atomic E-state index is 14.3. The molecule has 2 atom stereocenters. The number of amides is 2. The molecule has 0 spiro atoms. The van der Waals surface area contributed by atoms with Gasteiger partial charge in [0.25, 0.3) is 0 Å². The number of likely N-dealkylation sites (tertiary alicyclic amines) is 1. The molecule has 1 fully saturated rings. The third-order valence-corrected chi connectivity index (χ3v) is 9.79. The van der Waals surface area contributed by atoms with Gasteiger partial charge in [-0.05, 0) is 52.9 Å². The molecule has 2 heterocycles. The number of carbonyl (C=O) groups is 3. The van der Waals surface area contributed by atoms with Crippen LogP contribution >= 0.6 is 23.4 Å². The van der Waals surface area contributed by atoms with Gasteiger partial charge < -0.3 is 20.0 Å². The summed E-state index contributed by atoms with van der Waals surface area (Å²) in [6, 6.07) is 19.8. The zero-order chi connectivity index (χ0) is 29.3. The summed E-state index contributed by atoms with van der Waals surface area (Å²) in [5.41, 5.74) is 2.07. The molecule has 1 saturated heterocycles. The van der Waals surface area contributed by atoms with E-state index in [4.69, 9.17) is 11.6 Å². The van der Waals surface area contributed by atoms with Crippen LogP contribution in [0.15, 0.2) is 60.7 Å². The summed E-state index contributed by atoms with van der Waals surface area (Å²) in [6.45, 7) is 4.71. The number of carboxylic acid groups (broad SMARTS) is 1. The summed E-state index contributed by atoms with van der Waals surface area (Å²) in [5, 5.41) is 21.2. The molecule has 2 N–H and O–H groups in total. The zero-order valence-corrected chi connectivity index (χ0v) is 24.8. The van der Waals surface area contributed by atoms with Crippen molar-refractivity contribution in [2.45, 2.75) is 43.6 Å². The van der Waals surface area contributed by atoms with Crippen molar-refractivity contribution >= 4 is 57.6 Å². The maximum Gasteiger partial charge on any atom is 0.306 e. The molecule has 0 radical (unpaired) electrons. The van der Waals surface area contributed by atoms with E-state index in [1.165, 1.54) is 11.8 Å². The average Bonchev–Trinajstić information content (AvgIpc) is 3.07. The van der Waals surface area contributed by atoms with Crippen LogP contribution in [-0.2, 0) is 14.4 Å². The highest BCUT2D eigenvalue weighted by molar-refractivity contribution is 8.01. The van der Waals surface area contributed by atoms with Gasteiger partial charge in [0.1, 0.15) is 0 Å². The van der Waals surface area contributed by atoms with E-state index < -0.39 is 22.6 Å². The van der Waals surface area contributed by atoms with Gasteiger partial charge in [0, 0.05) is 48.8 Å². The number of aliphatic carboxylic acids is 1. The van der Waals surface area contributed by atoms with Gasteiger partial charge in [-0.25, -0.2) is 0 Å².